The van der Waals surface area contributed by atoms with Crippen molar-refractivity contribution in [2.24, 2.45) is 0 Å². The normalized spacial score (nSPS) is 13.8. The first-order valence-corrected chi connectivity index (χ1v) is 19.2. The van der Waals surface area contributed by atoms with Gasteiger partial charge in [-0.05, 0) is 130 Å². The van der Waals surface area contributed by atoms with Crippen LogP contribution < -0.4 is 20.4 Å². The summed E-state index contributed by atoms with van der Waals surface area (Å²) in [5, 5.41) is 6.78. The number of carbonyl (C=O) groups is 2. The molecule has 53 heavy (non-hydrogen) atoms. The molecule has 0 saturated carbocycles. The van der Waals surface area contributed by atoms with E-state index < -0.39 is 0 Å². The molecule has 7 rings (SSSR count). The van der Waals surface area contributed by atoms with Crippen molar-refractivity contribution in [3.63, 3.8) is 0 Å². The number of aryl methyl sites for hydroxylation is 4. The lowest BCUT2D eigenvalue weighted by atomic mass is 9.98. The van der Waals surface area contributed by atoms with Crippen LogP contribution in [0.4, 0.5) is 22.7 Å². The molecule has 2 aliphatic rings. The first kappa shape index (κ1) is 37.7. The maximum absolute atomic E-state index is 13.3. The molecule has 2 fully saturated rings. The number of nitrogens with zero attached hydrogens (tertiary/aromatic N) is 2. The van der Waals surface area contributed by atoms with Gasteiger partial charge in [-0.15, -0.1) is 0 Å². The highest BCUT2D eigenvalue weighted by Crippen LogP contribution is 2.37. The van der Waals surface area contributed by atoms with Gasteiger partial charge in [-0.1, -0.05) is 84.4 Å². The molecular weight excluding hydrogens is 676 g/mol. The molecule has 0 unspecified atom stereocenters. The SMILES string of the molecule is Cc1cc(C)c(N2CCCC2)c(C)c1NC(=O)c1ccccc1-c1ccccc1.Cc1cc(C)c(N2CCCC2)c(C)c1NC(=O)c1ccccc1Cl. The summed E-state index contributed by atoms with van der Waals surface area (Å²) >= 11 is 6.16. The second kappa shape index (κ2) is 16.7. The fraction of sp³-hybridized carbons (Fsp3) is 0.304. The van der Waals surface area contributed by atoms with E-state index in [-0.39, 0.29) is 11.8 Å². The number of carbonyl (C=O) groups excluding carboxylic acids is 2. The second-order valence-electron chi connectivity index (χ2n) is 14.4. The number of anilines is 4. The number of hydrogen-bond donors (Lipinski definition) is 2. The third-order valence-corrected chi connectivity index (χ3v) is 10.9. The van der Waals surface area contributed by atoms with Crippen LogP contribution >= 0.6 is 11.6 Å². The van der Waals surface area contributed by atoms with E-state index in [0.717, 1.165) is 70.9 Å². The van der Waals surface area contributed by atoms with E-state index in [1.807, 2.05) is 73.7 Å². The van der Waals surface area contributed by atoms with Gasteiger partial charge in [0.1, 0.15) is 0 Å². The maximum atomic E-state index is 13.3. The first-order chi connectivity index (χ1) is 25.5. The monoisotopic (exact) mass is 726 g/mol. The lowest BCUT2D eigenvalue weighted by Gasteiger charge is -2.26. The Morgan fingerprint density at radius 3 is 1.43 bits per heavy atom. The molecule has 0 spiro atoms. The molecule has 0 atom stereocenters. The predicted octanol–water partition coefficient (Wildman–Crippen LogP) is 11.2. The molecular formula is C46H51ClN4O2. The van der Waals surface area contributed by atoms with E-state index in [9.17, 15) is 9.59 Å². The van der Waals surface area contributed by atoms with Crippen LogP contribution in [0.15, 0.2) is 91.0 Å². The molecule has 0 aromatic heterocycles. The van der Waals surface area contributed by atoms with Crippen molar-refractivity contribution in [1.29, 1.82) is 0 Å². The highest BCUT2D eigenvalue weighted by Gasteiger charge is 2.23. The minimum atomic E-state index is -0.164. The van der Waals surface area contributed by atoms with Gasteiger partial charge in [0.2, 0.25) is 0 Å². The molecule has 0 aliphatic carbocycles. The Bertz CT molecular complexity index is 2110. The molecule has 0 bridgehead atoms. The average molecular weight is 727 g/mol. The average Bonchev–Trinajstić information content (AvgIpc) is 3.88. The topological polar surface area (TPSA) is 64.7 Å². The fourth-order valence-corrected chi connectivity index (χ4v) is 8.37. The zero-order chi connectivity index (χ0) is 37.6. The van der Waals surface area contributed by atoms with Crippen molar-refractivity contribution >= 4 is 46.2 Å². The van der Waals surface area contributed by atoms with Crippen LogP contribution in [0.2, 0.25) is 5.02 Å². The summed E-state index contributed by atoms with van der Waals surface area (Å²) in [6.07, 6.45) is 4.93. The molecule has 5 aromatic carbocycles. The second-order valence-corrected chi connectivity index (χ2v) is 14.8. The van der Waals surface area contributed by atoms with Crippen molar-refractivity contribution in [3.05, 3.63) is 141 Å². The largest absolute Gasteiger partial charge is 0.371 e. The summed E-state index contributed by atoms with van der Waals surface area (Å²) in [6, 6.07) is 29.4. The molecule has 2 amide bonds. The van der Waals surface area contributed by atoms with Gasteiger partial charge in [-0.2, -0.15) is 0 Å². The zero-order valence-electron chi connectivity index (χ0n) is 31.9. The minimum absolute atomic E-state index is 0.0631. The van der Waals surface area contributed by atoms with Gasteiger partial charge in [0.15, 0.2) is 0 Å². The Balaban J connectivity index is 0.000000185. The summed E-state index contributed by atoms with van der Waals surface area (Å²) in [5.41, 5.74) is 14.6. The highest BCUT2D eigenvalue weighted by molar-refractivity contribution is 6.34. The van der Waals surface area contributed by atoms with Crippen molar-refractivity contribution in [2.45, 2.75) is 67.2 Å². The third kappa shape index (κ3) is 8.29. The molecule has 2 heterocycles. The highest BCUT2D eigenvalue weighted by atomic mass is 35.5. The molecule has 2 aliphatic heterocycles. The van der Waals surface area contributed by atoms with E-state index in [1.54, 1.807) is 12.1 Å². The van der Waals surface area contributed by atoms with E-state index in [1.165, 1.54) is 48.2 Å². The van der Waals surface area contributed by atoms with E-state index in [0.29, 0.717) is 16.1 Å². The van der Waals surface area contributed by atoms with Crippen LogP contribution in [-0.4, -0.2) is 38.0 Å². The summed E-state index contributed by atoms with van der Waals surface area (Å²) in [5.74, 6) is -0.227. The summed E-state index contributed by atoms with van der Waals surface area (Å²) in [6.45, 7) is 17.0. The molecule has 7 heteroatoms. The minimum Gasteiger partial charge on any atom is -0.371 e. The summed E-state index contributed by atoms with van der Waals surface area (Å²) in [7, 11) is 0. The number of rotatable bonds is 7. The number of benzene rings is 5. The Labute approximate surface area is 320 Å². The smallest absolute Gasteiger partial charge is 0.257 e. The first-order valence-electron chi connectivity index (χ1n) is 18.8. The standard InChI is InChI=1S/C26H28N2O.C20H23ClN2O/c1-18-17-19(2)25(28-15-9-10-16-28)20(3)24(18)27-26(29)23-14-8-7-13-22(23)21-11-5-4-6-12-21;1-13-12-14(2)19(23-10-6-7-11-23)15(3)18(13)22-20(24)16-8-4-5-9-17(16)21/h4-8,11-14,17H,9-10,15-16H2,1-3H3,(H,27,29);4-5,8-9,12H,6-7,10-11H2,1-3H3,(H,22,24). The quantitative estimate of drug-likeness (QED) is 0.175. The molecule has 5 aromatic rings. The Kier molecular flexibility index (Phi) is 11.9. The van der Waals surface area contributed by atoms with Crippen LogP contribution in [0.5, 0.6) is 0 Å². The lowest BCUT2D eigenvalue weighted by molar-refractivity contribution is 0.101. The Hall–Kier alpha value is -5.07. The van der Waals surface area contributed by atoms with E-state index >= 15 is 0 Å². The number of amides is 2. The molecule has 2 N–H and O–H groups in total. The van der Waals surface area contributed by atoms with Crippen LogP contribution in [0.1, 0.15) is 79.8 Å². The molecule has 6 nitrogen and oxygen atoms in total. The Morgan fingerprint density at radius 1 is 0.528 bits per heavy atom. The van der Waals surface area contributed by atoms with Gasteiger partial charge in [0.25, 0.3) is 11.8 Å². The van der Waals surface area contributed by atoms with Crippen molar-refractivity contribution in [3.8, 4) is 11.1 Å². The van der Waals surface area contributed by atoms with Gasteiger partial charge < -0.3 is 20.4 Å². The zero-order valence-corrected chi connectivity index (χ0v) is 32.7. The number of halogens is 1. The van der Waals surface area contributed by atoms with E-state index in [2.05, 4.69) is 67.2 Å². The van der Waals surface area contributed by atoms with Crippen LogP contribution in [-0.2, 0) is 0 Å². The Morgan fingerprint density at radius 2 is 0.943 bits per heavy atom. The third-order valence-electron chi connectivity index (χ3n) is 10.6. The van der Waals surface area contributed by atoms with Gasteiger partial charge >= 0.3 is 0 Å². The van der Waals surface area contributed by atoms with Crippen molar-refractivity contribution < 1.29 is 9.59 Å². The summed E-state index contributed by atoms with van der Waals surface area (Å²) < 4.78 is 0. The van der Waals surface area contributed by atoms with Gasteiger partial charge in [-0.25, -0.2) is 0 Å². The summed E-state index contributed by atoms with van der Waals surface area (Å²) in [4.78, 5) is 30.8. The van der Waals surface area contributed by atoms with Gasteiger partial charge in [0.05, 0.1) is 10.6 Å². The number of hydrogen-bond acceptors (Lipinski definition) is 4. The fourth-order valence-electron chi connectivity index (χ4n) is 8.15. The van der Waals surface area contributed by atoms with Gasteiger partial charge in [0, 0.05) is 54.5 Å². The van der Waals surface area contributed by atoms with Crippen LogP contribution in [0.3, 0.4) is 0 Å². The van der Waals surface area contributed by atoms with Crippen LogP contribution in [0, 0.1) is 41.5 Å². The van der Waals surface area contributed by atoms with Crippen molar-refractivity contribution in [1.82, 2.24) is 0 Å². The number of nitrogens with one attached hydrogen (secondary N) is 2. The molecule has 274 valence electrons. The molecule has 2 saturated heterocycles. The van der Waals surface area contributed by atoms with Gasteiger partial charge in [-0.3, -0.25) is 9.59 Å². The van der Waals surface area contributed by atoms with E-state index in [4.69, 9.17) is 11.6 Å². The predicted molar refractivity (Wildman–Crippen MR) is 223 cm³/mol. The lowest BCUT2D eigenvalue weighted by Crippen LogP contribution is -2.22. The van der Waals surface area contributed by atoms with Crippen LogP contribution in [0.25, 0.3) is 11.1 Å². The maximum Gasteiger partial charge on any atom is 0.257 e. The van der Waals surface area contributed by atoms with Crippen molar-refractivity contribution in [2.75, 3.05) is 46.6 Å². The molecule has 0 radical (unpaired) electrons.